The monoisotopic (exact) mass is 404 g/mol. The summed E-state index contributed by atoms with van der Waals surface area (Å²) in [6.45, 7) is 5.67. The van der Waals surface area contributed by atoms with Gasteiger partial charge < -0.3 is 10.2 Å². The van der Waals surface area contributed by atoms with Gasteiger partial charge in [-0.25, -0.2) is 4.39 Å². The lowest BCUT2D eigenvalue weighted by molar-refractivity contribution is 0.0717. The minimum Gasteiger partial charge on any atom is -0.338 e. The highest BCUT2D eigenvalue weighted by Gasteiger charge is 2.22. The second-order valence-corrected chi connectivity index (χ2v) is 6.75. The molecule has 1 aliphatic heterocycles. The van der Waals surface area contributed by atoms with E-state index < -0.39 is 0 Å². The van der Waals surface area contributed by atoms with E-state index in [1.807, 2.05) is 27.5 Å². The number of hydrogen-bond acceptors (Lipinski definition) is 2. The van der Waals surface area contributed by atoms with Gasteiger partial charge in [0.15, 0.2) is 0 Å². The maximum Gasteiger partial charge on any atom is 0.254 e. The van der Waals surface area contributed by atoms with Crippen LogP contribution >= 0.6 is 22.6 Å². The van der Waals surface area contributed by atoms with Crippen molar-refractivity contribution in [3.8, 4) is 0 Å². The fourth-order valence-electron chi connectivity index (χ4n) is 2.77. The molecule has 1 saturated heterocycles. The molecule has 5 heteroatoms. The van der Waals surface area contributed by atoms with Gasteiger partial charge in [-0.05, 0) is 79.1 Å². The van der Waals surface area contributed by atoms with Crippen molar-refractivity contribution in [3.63, 3.8) is 0 Å². The van der Waals surface area contributed by atoms with Crippen LogP contribution in [0.5, 0.6) is 0 Å². The highest BCUT2D eigenvalue weighted by Crippen LogP contribution is 2.19. The fraction of sp³-hybridized carbons (Fsp3) is 0.562. The van der Waals surface area contributed by atoms with Crippen molar-refractivity contribution in [2.45, 2.75) is 26.2 Å². The van der Waals surface area contributed by atoms with E-state index in [2.05, 4.69) is 12.2 Å². The number of rotatable bonds is 5. The van der Waals surface area contributed by atoms with Crippen LogP contribution in [-0.2, 0) is 0 Å². The minimum absolute atomic E-state index is 0.0202. The maximum atomic E-state index is 13.2. The summed E-state index contributed by atoms with van der Waals surface area (Å²) in [6, 6.07) is 4.38. The molecule has 0 aromatic heterocycles. The lowest BCUT2D eigenvalue weighted by Gasteiger charge is -2.30. The molecule has 3 nitrogen and oxygen atoms in total. The molecule has 1 heterocycles. The third-order valence-corrected chi connectivity index (χ3v) is 4.71. The minimum atomic E-state index is -0.297. The number of carbonyl (C=O) groups excluding carboxylic acids is 1. The lowest BCUT2D eigenvalue weighted by Crippen LogP contribution is -2.41. The van der Waals surface area contributed by atoms with Crippen LogP contribution in [0.25, 0.3) is 0 Å². The SMILES string of the molecule is CCCN(CC1CCCNC1)C(=O)c1ccc(F)cc1I. The Morgan fingerprint density at radius 3 is 2.95 bits per heavy atom. The molecule has 116 valence electrons. The van der Waals surface area contributed by atoms with Crippen molar-refractivity contribution in [3.05, 3.63) is 33.1 Å². The molecule has 1 fully saturated rings. The molecule has 0 radical (unpaired) electrons. The Morgan fingerprint density at radius 2 is 2.33 bits per heavy atom. The summed E-state index contributed by atoms with van der Waals surface area (Å²) in [5.74, 6) is 0.244. The van der Waals surface area contributed by atoms with Gasteiger partial charge in [-0.15, -0.1) is 0 Å². The van der Waals surface area contributed by atoms with Gasteiger partial charge in [0.2, 0.25) is 0 Å². The van der Waals surface area contributed by atoms with Crippen LogP contribution < -0.4 is 5.32 Å². The molecule has 1 aromatic carbocycles. The van der Waals surface area contributed by atoms with E-state index in [0.29, 0.717) is 15.1 Å². The first kappa shape index (κ1) is 16.7. The van der Waals surface area contributed by atoms with Crippen LogP contribution in [0.15, 0.2) is 18.2 Å². The average Bonchev–Trinajstić information content (AvgIpc) is 2.47. The highest BCUT2D eigenvalue weighted by atomic mass is 127. The molecule has 1 amide bonds. The van der Waals surface area contributed by atoms with Crippen molar-refractivity contribution < 1.29 is 9.18 Å². The second kappa shape index (κ2) is 8.08. The van der Waals surface area contributed by atoms with E-state index in [9.17, 15) is 9.18 Å². The van der Waals surface area contributed by atoms with Crippen molar-refractivity contribution >= 4 is 28.5 Å². The highest BCUT2D eigenvalue weighted by molar-refractivity contribution is 14.1. The Bertz CT molecular complexity index is 489. The Hall–Kier alpha value is -0.690. The first-order valence-electron chi connectivity index (χ1n) is 7.57. The molecule has 0 saturated carbocycles. The lowest BCUT2D eigenvalue weighted by atomic mass is 9.98. The molecule has 1 unspecified atom stereocenters. The number of benzene rings is 1. The number of carbonyl (C=O) groups is 1. The Morgan fingerprint density at radius 1 is 1.52 bits per heavy atom. The van der Waals surface area contributed by atoms with E-state index in [-0.39, 0.29) is 11.7 Å². The molecule has 1 N–H and O–H groups in total. The van der Waals surface area contributed by atoms with E-state index in [1.54, 1.807) is 6.07 Å². The molecule has 21 heavy (non-hydrogen) atoms. The van der Waals surface area contributed by atoms with Gasteiger partial charge in [0.1, 0.15) is 5.82 Å². The van der Waals surface area contributed by atoms with Crippen LogP contribution in [0.2, 0.25) is 0 Å². The Kier molecular flexibility index (Phi) is 6.41. The van der Waals surface area contributed by atoms with Gasteiger partial charge in [0.25, 0.3) is 5.91 Å². The third kappa shape index (κ3) is 4.64. The summed E-state index contributed by atoms with van der Waals surface area (Å²) in [6.07, 6.45) is 3.28. The van der Waals surface area contributed by atoms with Crippen molar-refractivity contribution in [2.75, 3.05) is 26.2 Å². The second-order valence-electron chi connectivity index (χ2n) is 5.59. The van der Waals surface area contributed by atoms with Crippen molar-refractivity contribution in [2.24, 2.45) is 5.92 Å². The van der Waals surface area contributed by atoms with Crippen LogP contribution in [0.4, 0.5) is 4.39 Å². The van der Waals surface area contributed by atoms with Crippen molar-refractivity contribution in [1.29, 1.82) is 0 Å². The third-order valence-electron chi connectivity index (χ3n) is 3.82. The molecule has 1 aliphatic rings. The van der Waals surface area contributed by atoms with E-state index in [0.717, 1.165) is 32.6 Å². The molecular weight excluding hydrogens is 382 g/mol. The standard InChI is InChI=1S/C16H22FIN2O/c1-2-8-20(11-12-4-3-7-19-10-12)16(21)14-6-5-13(17)9-15(14)18/h5-6,9,12,19H,2-4,7-8,10-11H2,1H3. The molecular formula is C16H22FIN2O. The maximum absolute atomic E-state index is 13.2. The summed E-state index contributed by atoms with van der Waals surface area (Å²) >= 11 is 2.03. The van der Waals surface area contributed by atoms with E-state index >= 15 is 0 Å². The van der Waals surface area contributed by atoms with E-state index in [4.69, 9.17) is 0 Å². The summed E-state index contributed by atoms with van der Waals surface area (Å²) in [4.78, 5) is 14.6. The van der Waals surface area contributed by atoms with Crippen LogP contribution in [0, 0.1) is 15.3 Å². The normalized spacial score (nSPS) is 18.5. The zero-order valence-corrected chi connectivity index (χ0v) is 14.5. The number of halogens is 2. The van der Waals surface area contributed by atoms with Crippen LogP contribution in [-0.4, -0.2) is 37.0 Å². The predicted molar refractivity (Wildman–Crippen MR) is 90.9 cm³/mol. The number of hydrogen-bond donors (Lipinski definition) is 1. The van der Waals surface area contributed by atoms with Crippen molar-refractivity contribution in [1.82, 2.24) is 10.2 Å². The average molecular weight is 404 g/mol. The predicted octanol–water partition coefficient (Wildman–Crippen LogP) is 3.28. The van der Waals surface area contributed by atoms with Crippen LogP contribution in [0.3, 0.4) is 0 Å². The zero-order valence-electron chi connectivity index (χ0n) is 12.4. The summed E-state index contributed by atoms with van der Waals surface area (Å²) < 4.78 is 13.9. The first-order chi connectivity index (χ1) is 10.1. The molecule has 0 aliphatic carbocycles. The van der Waals surface area contributed by atoms with Gasteiger partial charge >= 0.3 is 0 Å². The molecule has 1 atom stereocenters. The topological polar surface area (TPSA) is 32.3 Å². The molecule has 0 spiro atoms. The van der Waals surface area contributed by atoms with Gasteiger partial charge in [0, 0.05) is 16.7 Å². The van der Waals surface area contributed by atoms with Gasteiger partial charge in [0.05, 0.1) is 5.56 Å². The van der Waals surface area contributed by atoms with E-state index in [1.165, 1.54) is 25.0 Å². The molecule has 1 aromatic rings. The Balaban J connectivity index is 2.10. The Labute approximate surface area is 139 Å². The number of nitrogens with one attached hydrogen (secondary N) is 1. The summed E-state index contributed by atoms with van der Waals surface area (Å²) in [5, 5.41) is 3.39. The number of nitrogens with zero attached hydrogens (tertiary/aromatic N) is 1. The quantitative estimate of drug-likeness (QED) is 0.765. The number of amides is 1. The van der Waals surface area contributed by atoms with Gasteiger partial charge in [-0.1, -0.05) is 6.92 Å². The largest absolute Gasteiger partial charge is 0.338 e. The summed E-state index contributed by atoms with van der Waals surface area (Å²) in [7, 11) is 0. The van der Waals surface area contributed by atoms with Gasteiger partial charge in [-0.3, -0.25) is 4.79 Å². The molecule has 0 bridgehead atoms. The summed E-state index contributed by atoms with van der Waals surface area (Å²) in [5.41, 5.74) is 0.606. The number of piperidine rings is 1. The van der Waals surface area contributed by atoms with Gasteiger partial charge in [-0.2, -0.15) is 0 Å². The smallest absolute Gasteiger partial charge is 0.254 e. The molecule has 2 rings (SSSR count). The van der Waals surface area contributed by atoms with Crippen LogP contribution in [0.1, 0.15) is 36.5 Å². The zero-order chi connectivity index (χ0) is 15.2. The fourth-order valence-corrected chi connectivity index (χ4v) is 3.48. The first-order valence-corrected chi connectivity index (χ1v) is 8.64.